The lowest BCUT2D eigenvalue weighted by Crippen LogP contribution is -2.29. The average Bonchev–Trinajstić information content (AvgIpc) is 2.60. The van der Waals surface area contributed by atoms with Crippen LogP contribution in [0.3, 0.4) is 0 Å². The molecule has 4 nitrogen and oxygen atoms in total. The van der Waals surface area contributed by atoms with E-state index in [-0.39, 0.29) is 5.91 Å². The molecule has 2 rings (SSSR count). The number of hydrazone groups is 1. The lowest BCUT2D eigenvalue weighted by molar-refractivity contribution is -0.671. The SMILES string of the molecule is CCCCC(C=NNC(=O)c1ccc[n+](C)c1)=Cc1ccccc1. The zero-order valence-corrected chi connectivity index (χ0v) is 14.3. The van der Waals surface area contributed by atoms with Crippen LogP contribution in [-0.4, -0.2) is 12.1 Å². The molecule has 0 saturated carbocycles. The molecule has 0 aliphatic carbocycles. The van der Waals surface area contributed by atoms with Crippen molar-refractivity contribution in [1.29, 1.82) is 0 Å². The minimum atomic E-state index is -0.211. The molecule has 2 aromatic rings. The van der Waals surface area contributed by atoms with Gasteiger partial charge in [-0.15, -0.1) is 0 Å². The number of rotatable bonds is 7. The quantitative estimate of drug-likeness (QED) is 0.473. The van der Waals surface area contributed by atoms with E-state index in [9.17, 15) is 4.79 Å². The Hall–Kier alpha value is -2.75. The molecule has 0 atom stereocenters. The van der Waals surface area contributed by atoms with Gasteiger partial charge in [-0.05, 0) is 30.0 Å². The number of nitrogens with one attached hydrogen (secondary N) is 1. The molecule has 1 N–H and O–H groups in total. The fourth-order valence-corrected chi connectivity index (χ4v) is 2.28. The van der Waals surface area contributed by atoms with Gasteiger partial charge < -0.3 is 0 Å². The van der Waals surface area contributed by atoms with Gasteiger partial charge in [-0.2, -0.15) is 5.10 Å². The average molecular weight is 322 g/mol. The molecule has 24 heavy (non-hydrogen) atoms. The maximum Gasteiger partial charge on any atom is 0.277 e. The number of allylic oxidation sites excluding steroid dienone is 1. The van der Waals surface area contributed by atoms with Gasteiger partial charge in [-0.3, -0.25) is 4.79 Å². The van der Waals surface area contributed by atoms with Crippen molar-refractivity contribution in [3.05, 3.63) is 71.6 Å². The van der Waals surface area contributed by atoms with Crippen molar-refractivity contribution in [2.24, 2.45) is 12.1 Å². The number of benzene rings is 1. The summed E-state index contributed by atoms with van der Waals surface area (Å²) in [6.45, 7) is 2.16. The Morgan fingerprint density at radius 2 is 2.00 bits per heavy atom. The van der Waals surface area contributed by atoms with Crippen LogP contribution in [0.25, 0.3) is 6.08 Å². The van der Waals surface area contributed by atoms with Crippen LogP contribution in [0.15, 0.2) is 65.5 Å². The predicted octanol–water partition coefficient (Wildman–Crippen LogP) is 3.50. The third-order valence-electron chi connectivity index (χ3n) is 3.57. The van der Waals surface area contributed by atoms with E-state index in [0.717, 1.165) is 30.4 Å². The van der Waals surface area contributed by atoms with Crippen LogP contribution in [0.2, 0.25) is 0 Å². The van der Waals surface area contributed by atoms with Gasteiger partial charge in [-0.25, -0.2) is 9.99 Å². The first-order chi connectivity index (χ1) is 11.7. The normalized spacial score (nSPS) is 11.7. The Kier molecular flexibility index (Phi) is 6.90. The first-order valence-corrected chi connectivity index (χ1v) is 8.23. The smallest absolute Gasteiger partial charge is 0.267 e. The summed E-state index contributed by atoms with van der Waals surface area (Å²) in [5, 5.41) is 4.12. The first-order valence-electron chi connectivity index (χ1n) is 8.23. The zero-order valence-electron chi connectivity index (χ0n) is 14.3. The van der Waals surface area contributed by atoms with Crippen molar-refractivity contribution in [2.45, 2.75) is 26.2 Å². The molecule has 1 aromatic heterocycles. The van der Waals surface area contributed by atoms with Gasteiger partial charge in [0.15, 0.2) is 12.4 Å². The van der Waals surface area contributed by atoms with E-state index in [0.29, 0.717) is 5.56 Å². The number of aryl methyl sites for hydroxylation is 1. The van der Waals surface area contributed by atoms with Crippen molar-refractivity contribution >= 4 is 18.2 Å². The van der Waals surface area contributed by atoms with Crippen molar-refractivity contribution in [3.8, 4) is 0 Å². The third kappa shape index (κ3) is 5.80. The maximum absolute atomic E-state index is 12.1. The fourth-order valence-electron chi connectivity index (χ4n) is 2.28. The molecular formula is C20H24N3O+. The molecular weight excluding hydrogens is 298 g/mol. The fraction of sp³-hybridized carbons (Fsp3) is 0.250. The Labute approximate surface area is 143 Å². The lowest BCUT2D eigenvalue weighted by Gasteiger charge is -2.02. The third-order valence-corrected chi connectivity index (χ3v) is 3.57. The Morgan fingerprint density at radius 3 is 2.71 bits per heavy atom. The molecule has 0 fully saturated rings. The molecule has 0 spiro atoms. The van der Waals surface area contributed by atoms with Gasteiger partial charge in [0, 0.05) is 6.07 Å². The molecule has 0 radical (unpaired) electrons. The molecule has 1 amide bonds. The van der Waals surface area contributed by atoms with Crippen LogP contribution < -0.4 is 9.99 Å². The summed E-state index contributed by atoms with van der Waals surface area (Å²) in [6.07, 6.45) is 10.6. The molecule has 1 aromatic carbocycles. The van der Waals surface area contributed by atoms with Crippen molar-refractivity contribution < 1.29 is 9.36 Å². The van der Waals surface area contributed by atoms with Gasteiger partial charge in [-0.1, -0.05) is 49.8 Å². The van der Waals surface area contributed by atoms with E-state index < -0.39 is 0 Å². The lowest BCUT2D eigenvalue weighted by atomic mass is 10.1. The Morgan fingerprint density at radius 1 is 1.21 bits per heavy atom. The molecule has 4 heteroatoms. The second-order valence-electron chi connectivity index (χ2n) is 5.69. The minimum Gasteiger partial charge on any atom is -0.267 e. The second kappa shape index (κ2) is 9.40. The number of aromatic nitrogens is 1. The van der Waals surface area contributed by atoms with E-state index in [1.807, 2.05) is 42.1 Å². The standard InChI is InChI=1S/C20H23N3O/c1-3-4-9-18(14-17-10-6-5-7-11-17)15-21-22-20(24)19-12-8-13-23(2)16-19/h5-8,10-16H,3-4,9H2,1-2H3/p+1. The van der Waals surface area contributed by atoms with Crippen molar-refractivity contribution in [3.63, 3.8) is 0 Å². The first kappa shape index (κ1) is 17.6. The van der Waals surface area contributed by atoms with E-state index in [4.69, 9.17) is 0 Å². The van der Waals surface area contributed by atoms with E-state index >= 15 is 0 Å². The van der Waals surface area contributed by atoms with Gasteiger partial charge in [0.1, 0.15) is 12.6 Å². The van der Waals surface area contributed by atoms with Crippen LogP contribution >= 0.6 is 0 Å². The van der Waals surface area contributed by atoms with Gasteiger partial charge in [0.2, 0.25) is 0 Å². The number of carbonyl (C=O) groups is 1. The van der Waals surface area contributed by atoms with Crippen LogP contribution in [0.4, 0.5) is 0 Å². The number of unbranched alkanes of at least 4 members (excludes halogenated alkanes) is 1. The van der Waals surface area contributed by atoms with Crippen LogP contribution in [0.1, 0.15) is 42.1 Å². The van der Waals surface area contributed by atoms with E-state index in [1.165, 1.54) is 0 Å². The molecule has 124 valence electrons. The topological polar surface area (TPSA) is 45.3 Å². The van der Waals surface area contributed by atoms with Gasteiger partial charge >= 0.3 is 0 Å². The van der Waals surface area contributed by atoms with Crippen molar-refractivity contribution in [2.75, 3.05) is 0 Å². The van der Waals surface area contributed by atoms with Crippen LogP contribution in [-0.2, 0) is 7.05 Å². The molecule has 0 bridgehead atoms. The summed E-state index contributed by atoms with van der Waals surface area (Å²) in [6, 6.07) is 13.7. The monoisotopic (exact) mass is 322 g/mol. The number of hydrogen-bond donors (Lipinski definition) is 1. The molecule has 0 saturated heterocycles. The minimum absolute atomic E-state index is 0.211. The molecule has 0 unspecified atom stereocenters. The summed E-state index contributed by atoms with van der Waals surface area (Å²) in [4.78, 5) is 12.1. The molecule has 0 aliphatic heterocycles. The second-order valence-corrected chi connectivity index (χ2v) is 5.69. The summed E-state index contributed by atoms with van der Waals surface area (Å²) in [7, 11) is 1.88. The molecule has 1 heterocycles. The van der Waals surface area contributed by atoms with Crippen LogP contribution in [0, 0.1) is 0 Å². The Balaban J connectivity index is 2.04. The number of hydrogen-bond acceptors (Lipinski definition) is 2. The van der Waals surface area contributed by atoms with E-state index in [2.05, 4.69) is 35.7 Å². The van der Waals surface area contributed by atoms with E-state index in [1.54, 1.807) is 18.5 Å². The van der Waals surface area contributed by atoms with Crippen molar-refractivity contribution in [1.82, 2.24) is 5.43 Å². The summed E-state index contributed by atoms with van der Waals surface area (Å²) >= 11 is 0. The number of carbonyl (C=O) groups excluding carboxylic acids is 1. The predicted molar refractivity (Wildman–Crippen MR) is 97.5 cm³/mol. The van der Waals surface area contributed by atoms with Gasteiger partial charge in [0.25, 0.3) is 5.91 Å². The highest BCUT2D eigenvalue weighted by Gasteiger charge is 2.07. The zero-order chi connectivity index (χ0) is 17.2. The number of pyridine rings is 1. The Bertz CT molecular complexity index is 721. The summed E-state index contributed by atoms with van der Waals surface area (Å²) in [5.41, 5.74) is 5.41. The summed E-state index contributed by atoms with van der Waals surface area (Å²) in [5.74, 6) is -0.211. The highest BCUT2D eigenvalue weighted by Crippen LogP contribution is 2.11. The number of amides is 1. The summed E-state index contributed by atoms with van der Waals surface area (Å²) < 4.78 is 1.83. The number of nitrogens with zero attached hydrogens (tertiary/aromatic N) is 2. The molecule has 0 aliphatic rings. The van der Waals surface area contributed by atoms with Gasteiger partial charge in [0.05, 0.1) is 6.21 Å². The maximum atomic E-state index is 12.1. The highest BCUT2D eigenvalue weighted by atomic mass is 16.2. The highest BCUT2D eigenvalue weighted by molar-refractivity contribution is 5.94. The largest absolute Gasteiger partial charge is 0.277 e. The van der Waals surface area contributed by atoms with Crippen LogP contribution in [0.5, 0.6) is 0 Å².